The number of sulfonamides is 1. The van der Waals surface area contributed by atoms with Gasteiger partial charge in [-0.3, -0.25) is 9.59 Å². The molecule has 0 heterocycles. The standard InChI is InChI=1S/C22H23N3O4S/c1-15-7-10-20(11-16(15)2)30(28,29)24-14-21(26)23-13-22(27)25-19-9-8-17-5-3-4-6-18(17)12-19/h3-12,24H,13-14H2,1-2H3,(H,23,26)(H,25,27). The summed E-state index contributed by atoms with van der Waals surface area (Å²) in [5.41, 5.74) is 2.43. The monoisotopic (exact) mass is 425 g/mol. The molecule has 0 bridgehead atoms. The highest BCUT2D eigenvalue weighted by Crippen LogP contribution is 2.18. The zero-order valence-electron chi connectivity index (χ0n) is 16.7. The van der Waals surface area contributed by atoms with Gasteiger partial charge in [-0.15, -0.1) is 0 Å². The Morgan fingerprint density at radius 1 is 0.800 bits per heavy atom. The predicted molar refractivity (Wildman–Crippen MR) is 117 cm³/mol. The van der Waals surface area contributed by atoms with E-state index >= 15 is 0 Å². The van der Waals surface area contributed by atoms with E-state index in [9.17, 15) is 18.0 Å². The number of amides is 2. The van der Waals surface area contributed by atoms with Gasteiger partial charge in [-0.1, -0.05) is 36.4 Å². The highest BCUT2D eigenvalue weighted by Gasteiger charge is 2.16. The van der Waals surface area contributed by atoms with Crippen LogP contribution < -0.4 is 15.4 Å². The van der Waals surface area contributed by atoms with Crippen LogP contribution in [0.25, 0.3) is 10.8 Å². The number of carbonyl (C=O) groups excluding carboxylic acids is 2. The van der Waals surface area contributed by atoms with E-state index in [1.54, 1.807) is 18.2 Å². The zero-order chi connectivity index (χ0) is 21.7. The highest BCUT2D eigenvalue weighted by atomic mass is 32.2. The first-order chi connectivity index (χ1) is 14.2. The quantitative estimate of drug-likeness (QED) is 0.541. The zero-order valence-corrected chi connectivity index (χ0v) is 17.5. The van der Waals surface area contributed by atoms with E-state index in [0.717, 1.165) is 21.9 Å². The van der Waals surface area contributed by atoms with Crippen LogP contribution in [0.5, 0.6) is 0 Å². The maximum atomic E-state index is 12.3. The summed E-state index contributed by atoms with van der Waals surface area (Å²) in [5.74, 6) is -1.01. The second-order valence-corrected chi connectivity index (χ2v) is 8.72. The van der Waals surface area contributed by atoms with E-state index in [0.29, 0.717) is 5.69 Å². The van der Waals surface area contributed by atoms with Gasteiger partial charge in [0.15, 0.2) is 0 Å². The van der Waals surface area contributed by atoms with Crippen LogP contribution in [0.1, 0.15) is 11.1 Å². The molecule has 2 amide bonds. The van der Waals surface area contributed by atoms with Gasteiger partial charge in [0.2, 0.25) is 21.8 Å². The molecule has 0 aromatic heterocycles. The first-order valence-corrected chi connectivity index (χ1v) is 10.9. The average molecular weight is 426 g/mol. The number of hydrogen-bond acceptors (Lipinski definition) is 4. The summed E-state index contributed by atoms with van der Waals surface area (Å²) >= 11 is 0. The third-order valence-corrected chi connectivity index (χ3v) is 6.09. The molecule has 156 valence electrons. The second kappa shape index (κ2) is 9.06. The molecule has 0 radical (unpaired) electrons. The molecular formula is C22H23N3O4S. The molecule has 0 unspecified atom stereocenters. The smallest absolute Gasteiger partial charge is 0.243 e. The van der Waals surface area contributed by atoms with E-state index in [-0.39, 0.29) is 11.4 Å². The molecule has 8 heteroatoms. The topological polar surface area (TPSA) is 104 Å². The van der Waals surface area contributed by atoms with Crippen molar-refractivity contribution in [2.45, 2.75) is 18.7 Å². The fraction of sp³-hybridized carbons (Fsp3) is 0.182. The van der Waals surface area contributed by atoms with Gasteiger partial charge in [0, 0.05) is 5.69 Å². The number of fused-ring (bicyclic) bond motifs is 1. The molecule has 3 aromatic rings. The van der Waals surface area contributed by atoms with Gasteiger partial charge < -0.3 is 10.6 Å². The van der Waals surface area contributed by atoms with Crippen LogP contribution >= 0.6 is 0 Å². The van der Waals surface area contributed by atoms with Crippen molar-refractivity contribution in [3.05, 3.63) is 71.8 Å². The van der Waals surface area contributed by atoms with Gasteiger partial charge in [0.1, 0.15) is 0 Å². The molecule has 3 N–H and O–H groups in total. The Morgan fingerprint density at radius 3 is 2.27 bits per heavy atom. The fourth-order valence-electron chi connectivity index (χ4n) is 2.84. The van der Waals surface area contributed by atoms with Gasteiger partial charge >= 0.3 is 0 Å². The maximum absolute atomic E-state index is 12.3. The Morgan fingerprint density at radius 2 is 1.53 bits per heavy atom. The van der Waals surface area contributed by atoms with E-state index in [1.165, 1.54) is 6.07 Å². The van der Waals surface area contributed by atoms with Crippen molar-refractivity contribution < 1.29 is 18.0 Å². The molecule has 3 rings (SSSR count). The van der Waals surface area contributed by atoms with Crippen molar-refractivity contribution in [1.82, 2.24) is 10.0 Å². The number of hydrogen-bond donors (Lipinski definition) is 3. The van der Waals surface area contributed by atoms with Crippen LogP contribution in [-0.2, 0) is 19.6 Å². The van der Waals surface area contributed by atoms with Crippen molar-refractivity contribution in [2.75, 3.05) is 18.4 Å². The van der Waals surface area contributed by atoms with Crippen LogP contribution in [0.3, 0.4) is 0 Å². The number of aryl methyl sites for hydroxylation is 2. The molecule has 0 spiro atoms. The highest BCUT2D eigenvalue weighted by molar-refractivity contribution is 7.89. The third-order valence-electron chi connectivity index (χ3n) is 4.69. The van der Waals surface area contributed by atoms with Crippen molar-refractivity contribution in [1.29, 1.82) is 0 Å². The van der Waals surface area contributed by atoms with Gasteiger partial charge in [0.25, 0.3) is 0 Å². The number of benzene rings is 3. The van der Waals surface area contributed by atoms with E-state index in [1.807, 2.05) is 50.2 Å². The van der Waals surface area contributed by atoms with Gasteiger partial charge in [0.05, 0.1) is 18.0 Å². The van der Waals surface area contributed by atoms with Crippen molar-refractivity contribution >= 4 is 38.3 Å². The number of carbonyl (C=O) groups is 2. The Labute approximate surface area is 175 Å². The van der Waals surface area contributed by atoms with Gasteiger partial charge in [-0.05, 0) is 60.0 Å². The summed E-state index contributed by atoms with van der Waals surface area (Å²) in [5, 5.41) is 7.15. The number of anilines is 1. The minimum Gasteiger partial charge on any atom is -0.346 e. The lowest BCUT2D eigenvalue weighted by atomic mass is 10.1. The van der Waals surface area contributed by atoms with Crippen LogP contribution in [0.15, 0.2) is 65.6 Å². The molecule has 7 nitrogen and oxygen atoms in total. The number of rotatable bonds is 7. The van der Waals surface area contributed by atoms with Crippen molar-refractivity contribution in [2.24, 2.45) is 0 Å². The summed E-state index contributed by atoms with van der Waals surface area (Å²) < 4.78 is 26.9. The summed E-state index contributed by atoms with van der Waals surface area (Å²) in [6.45, 7) is 2.97. The summed E-state index contributed by atoms with van der Waals surface area (Å²) in [4.78, 5) is 24.1. The van der Waals surface area contributed by atoms with Crippen LogP contribution in [-0.4, -0.2) is 33.3 Å². The van der Waals surface area contributed by atoms with Crippen molar-refractivity contribution in [3.8, 4) is 0 Å². The molecule has 0 saturated heterocycles. The second-order valence-electron chi connectivity index (χ2n) is 6.96. The fourth-order valence-corrected chi connectivity index (χ4v) is 3.91. The minimum atomic E-state index is -3.81. The Hall–Kier alpha value is -3.23. The normalized spacial score (nSPS) is 11.3. The minimum absolute atomic E-state index is 0.0902. The van der Waals surface area contributed by atoms with Crippen LogP contribution in [0.2, 0.25) is 0 Å². The Bertz CT molecular complexity index is 1210. The van der Waals surface area contributed by atoms with Gasteiger partial charge in [-0.25, -0.2) is 13.1 Å². The van der Waals surface area contributed by atoms with E-state index in [4.69, 9.17) is 0 Å². The van der Waals surface area contributed by atoms with Crippen LogP contribution in [0, 0.1) is 13.8 Å². The first-order valence-electron chi connectivity index (χ1n) is 9.37. The molecule has 0 aliphatic rings. The van der Waals surface area contributed by atoms with Crippen molar-refractivity contribution in [3.63, 3.8) is 0 Å². The SMILES string of the molecule is Cc1ccc(S(=O)(=O)NCC(=O)NCC(=O)Nc2ccc3ccccc3c2)cc1C. The maximum Gasteiger partial charge on any atom is 0.243 e. The lowest BCUT2D eigenvalue weighted by Gasteiger charge is -2.10. The Balaban J connectivity index is 1.49. The third kappa shape index (κ3) is 5.43. The summed E-state index contributed by atoms with van der Waals surface area (Å²) in [6, 6.07) is 18.0. The molecule has 0 fully saturated rings. The molecule has 3 aromatic carbocycles. The predicted octanol–water partition coefficient (Wildman–Crippen LogP) is 2.49. The molecule has 0 atom stereocenters. The lowest BCUT2D eigenvalue weighted by molar-refractivity contribution is -0.123. The van der Waals surface area contributed by atoms with E-state index < -0.39 is 28.4 Å². The average Bonchev–Trinajstić information content (AvgIpc) is 2.72. The molecular weight excluding hydrogens is 402 g/mol. The summed E-state index contributed by atoms with van der Waals surface area (Å²) in [7, 11) is -3.81. The van der Waals surface area contributed by atoms with E-state index in [2.05, 4.69) is 15.4 Å². The van der Waals surface area contributed by atoms with Crippen LogP contribution in [0.4, 0.5) is 5.69 Å². The Kier molecular flexibility index (Phi) is 6.49. The molecule has 0 aliphatic carbocycles. The molecule has 0 saturated carbocycles. The first kappa shape index (κ1) is 21.5. The summed E-state index contributed by atoms with van der Waals surface area (Å²) in [6.07, 6.45) is 0. The largest absolute Gasteiger partial charge is 0.346 e. The van der Waals surface area contributed by atoms with Gasteiger partial charge in [-0.2, -0.15) is 0 Å². The molecule has 0 aliphatic heterocycles. The number of nitrogens with one attached hydrogen (secondary N) is 3. The molecule has 30 heavy (non-hydrogen) atoms. The lowest BCUT2D eigenvalue weighted by Crippen LogP contribution is -2.40.